The lowest BCUT2D eigenvalue weighted by Gasteiger charge is -2.15. The smallest absolute Gasteiger partial charge is 0.130 e. The van der Waals surface area contributed by atoms with Gasteiger partial charge in [-0.25, -0.2) is 0 Å². The van der Waals surface area contributed by atoms with E-state index in [2.05, 4.69) is 52.0 Å². The lowest BCUT2D eigenvalue weighted by atomic mass is 10.0. The summed E-state index contributed by atoms with van der Waals surface area (Å²) in [5, 5.41) is 0. The van der Waals surface area contributed by atoms with Gasteiger partial charge in [-0.15, -0.1) is 0 Å². The molecule has 1 atom stereocenters. The Morgan fingerprint density at radius 3 is 2.43 bits per heavy atom. The van der Waals surface area contributed by atoms with Gasteiger partial charge in [0.2, 0.25) is 0 Å². The minimum Gasteiger partial charge on any atom is -0.457 e. The molecular formula is C19H25NO. The zero-order valence-electron chi connectivity index (χ0n) is 13.4. The van der Waals surface area contributed by atoms with Crippen molar-refractivity contribution in [2.45, 2.75) is 46.6 Å². The summed E-state index contributed by atoms with van der Waals surface area (Å²) in [5.41, 5.74) is 11.0. The molecule has 0 aliphatic rings. The maximum absolute atomic E-state index is 6.11. The number of aryl methyl sites for hydroxylation is 3. The Hall–Kier alpha value is -1.80. The summed E-state index contributed by atoms with van der Waals surface area (Å²) in [6.07, 6.45) is 1.81. The molecule has 0 radical (unpaired) electrons. The molecule has 2 nitrogen and oxygen atoms in total. The van der Waals surface area contributed by atoms with Crippen molar-refractivity contribution in [3.8, 4) is 11.5 Å². The first-order valence-corrected chi connectivity index (χ1v) is 7.59. The third-order valence-corrected chi connectivity index (χ3v) is 3.93. The van der Waals surface area contributed by atoms with Crippen LogP contribution in [0.3, 0.4) is 0 Å². The van der Waals surface area contributed by atoms with Crippen molar-refractivity contribution in [1.29, 1.82) is 0 Å². The summed E-state index contributed by atoms with van der Waals surface area (Å²) in [6, 6.07) is 12.7. The van der Waals surface area contributed by atoms with Crippen LogP contribution in [0.15, 0.2) is 36.4 Å². The van der Waals surface area contributed by atoms with E-state index in [0.717, 1.165) is 24.3 Å². The van der Waals surface area contributed by atoms with Gasteiger partial charge in [0, 0.05) is 6.04 Å². The largest absolute Gasteiger partial charge is 0.457 e. The maximum atomic E-state index is 6.11. The van der Waals surface area contributed by atoms with Gasteiger partial charge in [-0.2, -0.15) is 0 Å². The highest BCUT2D eigenvalue weighted by Gasteiger charge is 2.10. The average Bonchev–Trinajstić information content (AvgIpc) is 2.45. The molecule has 0 spiro atoms. The number of rotatable bonds is 5. The van der Waals surface area contributed by atoms with Crippen LogP contribution in [0.2, 0.25) is 0 Å². The Labute approximate surface area is 127 Å². The van der Waals surface area contributed by atoms with Crippen molar-refractivity contribution in [3.05, 3.63) is 58.7 Å². The average molecular weight is 283 g/mol. The van der Waals surface area contributed by atoms with Crippen molar-refractivity contribution in [2.24, 2.45) is 5.73 Å². The van der Waals surface area contributed by atoms with E-state index < -0.39 is 0 Å². The fourth-order valence-electron chi connectivity index (χ4n) is 2.30. The summed E-state index contributed by atoms with van der Waals surface area (Å²) >= 11 is 0. The summed E-state index contributed by atoms with van der Waals surface area (Å²) in [4.78, 5) is 0. The molecule has 0 aliphatic carbocycles. The van der Waals surface area contributed by atoms with Crippen molar-refractivity contribution in [1.82, 2.24) is 0 Å². The molecule has 2 aromatic carbocycles. The number of ether oxygens (including phenoxy) is 1. The molecule has 2 heteroatoms. The molecule has 0 saturated heterocycles. The molecular weight excluding hydrogens is 258 g/mol. The van der Waals surface area contributed by atoms with E-state index in [1.807, 2.05) is 12.1 Å². The monoisotopic (exact) mass is 283 g/mol. The van der Waals surface area contributed by atoms with Crippen LogP contribution >= 0.6 is 0 Å². The molecule has 0 aliphatic heterocycles. The lowest BCUT2D eigenvalue weighted by Crippen LogP contribution is -2.21. The molecule has 0 aromatic heterocycles. The summed E-state index contributed by atoms with van der Waals surface area (Å²) < 4.78 is 6.09. The van der Waals surface area contributed by atoms with E-state index in [-0.39, 0.29) is 6.04 Å². The Balaban J connectivity index is 2.28. The highest BCUT2D eigenvalue weighted by atomic mass is 16.5. The molecule has 2 aromatic rings. The quantitative estimate of drug-likeness (QED) is 0.864. The standard InChI is InChI=1S/C19H25NO/c1-5-17(20)12-16-10-13(2)6-9-19(16)21-18-8-7-14(3)15(4)11-18/h6-11,17H,5,12,20H2,1-4H3. The van der Waals surface area contributed by atoms with Crippen molar-refractivity contribution in [3.63, 3.8) is 0 Å². The van der Waals surface area contributed by atoms with Gasteiger partial charge in [0.05, 0.1) is 0 Å². The van der Waals surface area contributed by atoms with Crippen LogP contribution in [-0.4, -0.2) is 6.04 Å². The van der Waals surface area contributed by atoms with Crippen LogP contribution < -0.4 is 10.5 Å². The van der Waals surface area contributed by atoms with Crippen molar-refractivity contribution in [2.75, 3.05) is 0 Å². The number of benzene rings is 2. The molecule has 1 unspecified atom stereocenters. The zero-order chi connectivity index (χ0) is 15.4. The molecule has 0 fully saturated rings. The second kappa shape index (κ2) is 6.77. The summed E-state index contributed by atoms with van der Waals surface area (Å²) in [5.74, 6) is 1.79. The molecule has 0 bridgehead atoms. The molecule has 2 rings (SSSR count). The van der Waals surface area contributed by atoms with E-state index >= 15 is 0 Å². The van der Waals surface area contributed by atoms with Gasteiger partial charge in [0.25, 0.3) is 0 Å². The predicted octanol–water partition coefficient (Wildman–Crippen LogP) is 4.68. The summed E-state index contributed by atoms with van der Waals surface area (Å²) in [6.45, 7) is 8.42. The molecule has 0 heterocycles. The number of nitrogens with two attached hydrogens (primary N) is 1. The summed E-state index contributed by atoms with van der Waals surface area (Å²) in [7, 11) is 0. The Morgan fingerprint density at radius 2 is 1.76 bits per heavy atom. The molecule has 21 heavy (non-hydrogen) atoms. The second-order valence-corrected chi connectivity index (χ2v) is 5.83. The van der Waals surface area contributed by atoms with E-state index in [1.54, 1.807) is 0 Å². The SMILES string of the molecule is CCC(N)Cc1cc(C)ccc1Oc1ccc(C)c(C)c1. The van der Waals surface area contributed by atoms with Crippen LogP contribution in [0.4, 0.5) is 0 Å². The molecule has 0 amide bonds. The van der Waals surface area contributed by atoms with Gasteiger partial charge in [0.1, 0.15) is 11.5 Å². The number of hydrogen-bond acceptors (Lipinski definition) is 2. The van der Waals surface area contributed by atoms with Crippen LogP contribution in [0.1, 0.15) is 35.6 Å². The van der Waals surface area contributed by atoms with Crippen LogP contribution in [0, 0.1) is 20.8 Å². The van der Waals surface area contributed by atoms with E-state index in [4.69, 9.17) is 10.5 Å². The Morgan fingerprint density at radius 1 is 1.00 bits per heavy atom. The lowest BCUT2D eigenvalue weighted by molar-refractivity contribution is 0.471. The first-order chi connectivity index (χ1) is 9.99. The van der Waals surface area contributed by atoms with Gasteiger partial charge < -0.3 is 10.5 Å². The van der Waals surface area contributed by atoms with E-state index in [9.17, 15) is 0 Å². The first kappa shape index (κ1) is 15.6. The van der Waals surface area contributed by atoms with Crippen LogP contribution in [-0.2, 0) is 6.42 Å². The Bertz CT molecular complexity index is 619. The first-order valence-electron chi connectivity index (χ1n) is 7.59. The van der Waals surface area contributed by atoms with Crippen molar-refractivity contribution < 1.29 is 4.74 Å². The minimum absolute atomic E-state index is 0.175. The maximum Gasteiger partial charge on any atom is 0.130 e. The van der Waals surface area contributed by atoms with E-state index in [0.29, 0.717) is 0 Å². The zero-order valence-corrected chi connectivity index (χ0v) is 13.4. The van der Waals surface area contributed by atoms with Crippen molar-refractivity contribution >= 4 is 0 Å². The highest BCUT2D eigenvalue weighted by Crippen LogP contribution is 2.28. The molecule has 112 valence electrons. The Kier molecular flexibility index (Phi) is 5.03. The highest BCUT2D eigenvalue weighted by molar-refractivity contribution is 5.42. The number of hydrogen-bond donors (Lipinski definition) is 1. The van der Waals surface area contributed by atoms with Gasteiger partial charge in [0.15, 0.2) is 0 Å². The van der Waals surface area contributed by atoms with Crippen LogP contribution in [0.5, 0.6) is 11.5 Å². The fourth-order valence-corrected chi connectivity index (χ4v) is 2.30. The fraction of sp³-hybridized carbons (Fsp3) is 0.368. The van der Waals surface area contributed by atoms with Crippen LogP contribution in [0.25, 0.3) is 0 Å². The van der Waals surface area contributed by atoms with Gasteiger partial charge >= 0.3 is 0 Å². The minimum atomic E-state index is 0.175. The van der Waals surface area contributed by atoms with E-state index in [1.165, 1.54) is 22.3 Å². The molecule has 2 N–H and O–H groups in total. The third-order valence-electron chi connectivity index (χ3n) is 3.93. The van der Waals surface area contributed by atoms with Gasteiger partial charge in [-0.1, -0.05) is 30.7 Å². The topological polar surface area (TPSA) is 35.2 Å². The molecule has 0 saturated carbocycles. The normalized spacial score (nSPS) is 12.2. The third kappa shape index (κ3) is 4.08. The second-order valence-electron chi connectivity index (χ2n) is 5.83. The predicted molar refractivity (Wildman–Crippen MR) is 89.1 cm³/mol. The van der Waals surface area contributed by atoms with Gasteiger partial charge in [-0.3, -0.25) is 0 Å². The van der Waals surface area contributed by atoms with Gasteiger partial charge in [-0.05, 0) is 68.5 Å².